The summed E-state index contributed by atoms with van der Waals surface area (Å²) in [4.78, 5) is 4.39. The third-order valence-corrected chi connectivity index (χ3v) is 5.64. The quantitative estimate of drug-likeness (QED) is 0.775. The minimum atomic E-state index is -3.68. The summed E-state index contributed by atoms with van der Waals surface area (Å²) >= 11 is 0. The maximum atomic E-state index is 12.6. The van der Waals surface area contributed by atoms with E-state index in [4.69, 9.17) is 4.74 Å². The molecule has 8 heteroatoms. The Balaban J connectivity index is 1.57. The van der Waals surface area contributed by atoms with Gasteiger partial charge >= 0.3 is 0 Å². The lowest BCUT2D eigenvalue weighted by atomic mass is 10.1. The molecule has 1 aliphatic heterocycles. The Hall–Kier alpha value is -2.45. The average molecular weight is 358 g/mol. The third-order valence-electron chi connectivity index (χ3n) is 4.31. The first-order valence-corrected chi connectivity index (χ1v) is 9.60. The SMILES string of the molecule is O=S(=O)(Nc1ccc2ncccc2c1)c1cnn(C2CCOCC2)c1. The molecule has 130 valence electrons. The smallest absolute Gasteiger partial charge is 0.265 e. The number of ether oxygens (including phenoxy) is 1. The van der Waals surface area contributed by atoms with Crippen LogP contribution in [-0.2, 0) is 14.8 Å². The first kappa shape index (κ1) is 16.0. The molecule has 3 heterocycles. The van der Waals surface area contributed by atoms with Crippen molar-refractivity contribution in [1.29, 1.82) is 0 Å². The largest absolute Gasteiger partial charge is 0.381 e. The highest BCUT2D eigenvalue weighted by atomic mass is 32.2. The Morgan fingerprint density at radius 2 is 2.04 bits per heavy atom. The molecule has 7 nitrogen and oxygen atoms in total. The molecule has 2 aromatic heterocycles. The number of nitrogens with one attached hydrogen (secondary N) is 1. The van der Waals surface area contributed by atoms with Gasteiger partial charge in [0.25, 0.3) is 10.0 Å². The summed E-state index contributed by atoms with van der Waals surface area (Å²) in [5.41, 5.74) is 1.32. The summed E-state index contributed by atoms with van der Waals surface area (Å²) in [6, 6.07) is 9.16. The Labute approximate surface area is 145 Å². The molecule has 1 saturated heterocycles. The fraction of sp³-hybridized carbons (Fsp3) is 0.294. The molecule has 0 saturated carbocycles. The van der Waals surface area contributed by atoms with Crippen molar-refractivity contribution in [2.75, 3.05) is 17.9 Å². The van der Waals surface area contributed by atoms with Gasteiger partial charge in [-0.05, 0) is 37.1 Å². The minimum absolute atomic E-state index is 0.158. The summed E-state index contributed by atoms with van der Waals surface area (Å²) in [6.45, 7) is 1.35. The molecule has 0 bridgehead atoms. The number of hydrogen-bond acceptors (Lipinski definition) is 5. The lowest BCUT2D eigenvalue weighted by molar-refractivity contribution is 0.0662. The molecule has 0 amide bonds. The van der Waals surface area contributed by atoms with Gasteiger partial charge in [0.2, 0.25) is 0 Å². The van der Waals surface area contributed by atoms with Crippen molar-refractivity contribution in [3.8, 4) is 0 Å². The van der Waals surface area contributed by atoms with Crippen LogP contribution in [0, 0.1) is 0 Å². The highest BCUT2D eigenvalue weighted by Gasteiger charge is 2.21. The van der Waals surface area contributed by atoms with E-state index in [0.29, 0.717) is 18.9 Å². The lowest BCUT2D eigenvalue weighted by Gasteiger charge is -2.22. The van der Waals surface area contributed by atoms with Crippen LogP contribution >= 0.6 is 0 Å². The van der Waals surface area contributed by atoms with Gasteiger partial charge in [-0.2, -0.15) is 5.10 Å². The van der Waals surface area contributed by atoms with E-state index in [1.807, 2.05) is 12.1 Å². The zero-order chi connectivity index (χ0) is 17.3. The number of hydrogen-bond donors (Lipinski definition) is 1. The predicted octanol–water partition coefficient (Wildman–Crippen LogP) is 2.58. The van der Waals surface area contributed by atoms with E-state index in [0.717, 1.165) is 23.7 Å². The van der Waals surface area contributed by atoms with Gasteiger partial charge in [-0.25, -0.2) is 8.42 Å². The summed E-state index contributed by atoms with van der Waals surface area (Å²) < 4.78 is 34.9. The van der Waals surface area contributed by atoms with Crippen LogP contribution < -0.4 is 4.72 Å². The van der Waals surface area contributed by atoms with E-state index >= 15 is 0 Å². The maximum Gasteiger partial charge on any atom is 0.265 e. The van der Waals surface area contributed by atoms with Gasteiger partial charge < -0.3 is 4.74 Å². The molecule has 1 fully saturated rings. The van der Waals surface area contributed by atoms with Gasteiger partial charge in [-0.15, -0.1) is 0 Å². The number of pyridine rings is 1. The molecule has 25 heavy (non-hydrogen) atoms. The van der Waals surface area contributed by atoms with Crippen LogP contribution in [0.3, 0.4) is 0 Å². The van der Waals surface area contributed by atoms with Crippen molar-refractivity contribution < 1.29 is 13.2 Å². The first-order valence-electron chi connectivity index (χ1n) is 8.11. The minimum Gasteiger partial charge on any atom is -0.381 e. The van der Waals surface area contributed by atoms with E-state index in [-0.39, 0.29) is 10.9 Å². The zero-order valence-corrected chi connectivity index (χ0v) is 14.3. The fourth-order valence-corrected chi connectivity index (χ4v) is 3.95. The highest BCUT2D eigenvalue weighted by molar-refractivity contribution is 7.92. The number of aromatic nitrogens is 3. The van der Waals surface area contributed by atoms with Crippen LogP contribution in [0.15, 0.2) is 53.8 Å². The van der Waals surface area contributed by atoms with Crippen molar-refractivity contribution >= 4 is 26.6 Å². The van der Waals surface area contributed by atoms with E-state index in [2.05, 4.69) is 14.8 Å². The van der Waals surface area contributed by atoms with Gasteiger partial charge in [-0.1, -0.05) is 6.07 Å². The van der Waals surface area contributed by atoms with E-state index in [1.54, 1.807) is 35.3 Å². The monoisotopic (exact) mass is 358 g/mol. The molecule has 0 aliphatic carbocycles. The second-order valence-electron chi connectivity index (χ2n) is 6.02. The molecule has 1 N–H and O–H groups in total. The van der Waals surface area contributed by atoms with Crippen LogP contribution in [0.5, 0.6) is 0 Å². The Morgan fingerprint density at radius 1 is 1.20 bits per heavy atom. The van der Waals surface area contributed by atoms with Crippen molar-refractivity contribution in [1.82, 2.24) is 14.8 Å². The van der Waals surface area contributed by atoms with Gasteiger partial charge in [0, 0.05) is 36.7 Å². The van der Waals surface area contributed by atoms with Crippen LogP contribution in [0.4, 0.5) is 5.69 Å². The molecule has 1 aliphatic rings. The predicted molar refractivity (Wildman–Crippen MR) is 93.9 cm³/mol. The summed E-state index contributed by atoms with van der Waals surface area (Å²) in [6.07, 6.45) is 6.36. The molecular weight excluding hydrogens is 340 g/mol. The second-order valence-corrected chi connectivity index (χ2v) is 7.70. The summed E-state index contributed by atoms with van der Waals surface area (Å²) in [5, 5.41) is 5.11. The number of rotatable bonds is 4. The van der Waals surface area contributed by atoms with Gasteiger partial charge in [0.1, 0.15) is 4.90 Å². The van der Waals surface area contributed by atoms with E-state index in [1.165, 1.54) is 6.20 Å². The number of anilines is 1. The zero-order valence-electron chi connectivity index (χ0n) is 13.5. The van der Waals surface area contributed by atoms with Gasteiger partial charge in [0.15, 0.2) is 0 Å². The first-order chi connectivity index (χ1) is 12.1. The molecule has 1 aromatic carbocycles. The van der Waals surface area contributed by atoms with Crippen LogP contribution in [0.2, 0.25) is 0 Å². The molecule has 0 spiro atoms. The standard InChI is InChI=1S/C17H18N4O3S/c22-25(23,16-11-19-21(12-16)15-5-8-24-9-6-15)20-14-3-4-17-13(10-14)2-1-7-18-17/h1-4,7,10-12,15,20H,5-6,8-9H2. The topological polar surface area (TPSA) is 86.1 Å². The lowest BCUT2D eigenvalue weighted by Crippen LogP contribution is -2.20. The molecule has 0 radical (unpaired) electrons. The number of fused-ring (bicyclic) bond motifs is 1. The number of benzene rings is 1. The molecule has 4 rings (SSSR count). The molecular formula is C17H18N4O3S. The fourth-order valence-electron chi connectivity index (χ4n) is 2.96. The van der Waals surface area contributed by atoms with E-state index < -0.39 is 10.0 Å². The van der Waals surface area contributed by atoms with Crippen molar-refractivity contribution in [2.45, 2.75) is 23.8 Å². The Kier molecular flexibility index (Phi) is 4.14. The normalized spacial score (nSPS) is 16.2. The summed E-state index contributed by atoms with van der Waals surface area (Å²) in [5.74, 6) is 0. The van der Waals surface area contributed by atoms with E-state index in [9.17, 15) is 8.42 Å². The summed E-state index contributed by atoms with van der Waals surface area (Å²) in [7, 11) is -3.68. The van der Waals surface area contributed by atoms with Crippen molar-refractivity contribution in [2.24, 2.45) is 0 Å². The highest BCUT2D eigenvalue weighted by Crippen LogP contribution is 2.23. The number of nitrogens with zero attached hydrogens (tertiary/aromatic N) is 3. The second kappa shape index (κ2) is 6.45. The number of sulfonamides is 1. The van der Waals surface area contributed by atoms with Crippen LogP contribution in [0.1, 0.15) is 18.9 Å². The maximum absolute atomic E-state index is 12.6. The molecule has 0 atom stereocenters. The van der Waals surface area contributed by atoms with Crippen molar-refractivity contribution in [3.05, 3.63) is 48.9 Å². The van der Waals surface area contributed by atoms with Crippen molar-refractivity contribution in [3.63, 3.8) is 0 Å². The molecule has 0 unspecified atom stereocenters. The Bertz CT molecular complexity index is 994. The van der Waals surface area contributed by atoms with Gasteiger partial charge in [0.05, 0.1) is 17.8 Å². The average Bonchev–Trinajstić information content (AvgIpc) is 3.13. The van der Waals surface area contributed by atoms with Crippen LogP contribution in [0.25, 0.3) is 10.9 Å². The third kappa shape index (κ3) is 3.35. The van der Waals surface area contributed by atoms with Crippen LogP contribution in [-0.4, -0.2) is 36.4 Å². The van der Waals surface area contributed by atoms with Gasteiger partial charge in [-0.3, -0.25) is 14.4 Å². The molecule has 3 aromatic rings. The Morgan fingerprint density at radius 3 is 2.88 bits per heavy atom.